The van der Waals surface area contributed by atoms with Gasteiger partial charge in [-0.05, 0) is 37.1 Å². The first-order valence-electron chi connectivity index (χ1n) is 5.41. The van der Waals surface area contributed by atoms with Gasteiger partial charge in [-0.15, -0.1) is 0 Å². The highest BCUT2D eigenvalue weighted by Crippen LogP contribution is 2.41. The number of benzene rings is 1. The maximum atomic E-state index is 11.5. The molecule has 0 spiro atoms. The van der Waals surface area contributed by atoms with Gasteiger partial charge in [-0.25, -0.2) is 4.79 Å². The van der Waals surface area contributed by atoms with Crippen LogP contribution in [0.2, 0.25) is 0 Å². The minimum atomic E-state index is -0.713. The van der Waals surface area contributed by atoms with Crippen LogP contribution in [0, 0.1) is 13.8 Å². The summed E-state index contributed by atoms with van der Waals surface area (Å²) in [4.78, 5) is 11.5. The summed E-state index contributed by atoms with van der Waals surface area (Å²) < 4.78 is 10.5. The van der Waals surface area contributed by atoms with Gasteiger partial charge in [0.25, 0.3) is 0 Å². The van der Waals surface area contributed by atoms with E-state index in [-0.39, 0.29) is 5.97 Å². The molecule has 0 bridgehead atoms. The lowest BCUT2D eigenvalue weighted by Gasteiger charge is -2.16. The number of carbonyl (C=O) groups is 1. The Balaban J connectivity index is 2.18. The Morgan fingerprint density at radius 2 is 1.75 bits per heavy atom. The van der Waals surface area contributed by atoms with Crippen molar-refractivity contribution in [3.63, 3.8) is 0 Å². The molecule has 0 aromatic heterocycles. The summed E-state index contributed by atoms with van der Waals surface area (Å²) in [6.45, 7) is 4.02. The molecule has 1 aromatic rings. The van der Waals surface area contributed by atoms with Gasteiger partial charge in [-0.2, -0.15) is 0 Å². The van der Waals surface area contributed by atoms with Crippen molar-refractivity contribution in [2.75, 3.05) is 7.11 Å². The van der Waals surface area contributed by atoms with Crippen LogP contribution < -0.4 is 4.74 Å². The second-order valence-electron chi connectivity index (χ2n) is 4.41. The van der Waals surface area contributed by atoms with Gasteiger partial charge in [0.15, 0.2) is 0 Å². The van der Waals surface area contributed by atoms with Crippen molar-refractivity contribution >= 4 is 5.97 Å². The van der Waals surface area contributed by atoms with Crippen molar-refractivity contribution in [1.29, 1.82) is 0 Å². The molecule has 3 nitrogen and oxygen atoms in total. The smallest absolute Gasteiger partial charge is 0.350 e. The second-order valence-corrected chi connectivity index (χ2v) is 4.41. The van der Waals surface area contributed by atoms with Crippen molar-refractivity contribution < 1.29 is 14.3 Å². The van der Waals surface area contributed by atoms with Gasteiger partial charge in [0.05, 0.1) is 7.11 Å². The zero-order chi connectivity index (χ0) is 11.8. The highest BCUT2D eigenvalue weighted by atomic mass is 16.6. The number of rotatable bonds is 3. The predicted octanol–water partition coefficient (Wildman–Crippen LogP) is 2.39. The Hall–Kier alpha value is -1.51. The molecule has 0 N–H and O–H groups in total. The number of carbonyl (C=O) groups excluding carboxylic acids is 1. The van der Waals surface area contributed by atoms with Crippen LogP contribution in [0.15, 0.2) is 18.2 Å². The third-order valence-electron chi connectivity index (χ3n) is 2.77. The van der Waals surface area contributed by atoms with E-state index in [1.165, 1.54) is 7.11 Å². The van der Waals surface area contributed by atoms with E-state index in [2.05, 4.69) is 6.07 Å². The Morgan fingerprint density at radius 1 is 1.19 bits per heavy atom. The quantitative estimate of drug-likeness (QED) is 0.734. The van der Waals surface area contributed by atoms with Crippen molar-refractivity contribution in [2.45, 2.75) is 32.3 Å². The maximum absolute atomic E-state index is 11.5. The Labute approximate surface area is 95.4 Å². The highest BCUT2D eigenvalue weighted by molar-refractivity contribution is 5.83. The van der Waals surface area contributed by atoms with Gasteiger partial charge in [-0.3, -0.25) is 0 Å². The average Bonchev–Trinajstić information content (AvgIpc) is 2.96. The van der Waals surface area contributed by atoms with E-state index in [4.69, 9.17) is 9.47 Å². The van der Waals surface area contributed by atoms with Crippen LogP contribution in [0.3, 0.4) is 0 Å². The summed E-state index contributed by atoms with van der Waals surface area (Å²) in [6, 6.07) is 5.95. The van der Waals surface area contributed by atoms with Crippen LogP contribution in [0.5, 0.6) is 5.75 Å². The van der Waals surface area contributed by atoms with E-state index < -0.39 is 5.60 Å². The van der Waals surface area contributed by atoms with Gasteiger partial charge in [0.2, 0.25) is 5.60 Å². The Bertz CT molecular complexity index is 399. The van der Waals surface area contributed by atoms with Crippen LogP contribution in [0.4, 0.5) is 0 Å². The fourth-order valence-electron chi connectivity index (χ4n) is 1.86. The molecule has 1 aliphatic rings. The van der Waals surface area contributed by atoms with Gasteiger partial charge >= 0.3 is 5.97 Å². The monoisotopic (exact) mass is 220 g/mol. The van der Waals surface area contributed by atoms with Gasteiger partial charge < -0.3 is 9.47 Å². The lowest BCUT2D eigenvalue weighted by molar-refractivity contribution is -0.151. The maximum Gasteiger partial charge on any atom is 0.350 e. The first kappa shape index (κ1) is 11.0. The van der Waals surface area contributed by atoms with Gasteiger partial charge in [0.1, 0.15) is 5.75 Å². The molecule has 0 aliphatic heterocycles. The van der Waals surface area contributed by atoms with Crippen LogP contribution in [-0.2, 0) is 9.53 Å². The largest absolute Gasteiger partial charge is 0.476 e. The van der Waals surface area contributed by atoms with Crippen molar-refractivity contribution in [2.24, 2.45) is 0 Å². The normalized spacial score (nSPS) is 16.7. The topological polar surface area (TPSA) is 35.5 Å². The third kappa shape index (κ3) is 2.03. The van der Waals surface area contributed by atoms with Crippen LogP contribution in [-0.4, -0.2) is 18.7 Å². The van der Waals surface area contributed by atoms with E-state index in [0.29, 0.717) is 0 Å². The molecule has 1 aromatic carbocycles. The van der Waals surface area contributed by atoms with Crippen LogP contribution in [0.1, 0.15) is 24.0 Å². The molecule has 1 saturated carbocycles. The van der Waals surface area contributed by atoms with Crippen molar-refractivity contribution in [3.8, 4) is 5.75 Å². The fourth-order valence-corrected chi connectivity index (χ4v) is 1.86. The molecule has 0 atom stereocenters. The minimum Gasteiger partial charge on any atom is -0.476 e. The molecule has 0 unspecified atom stereocenters. The first-order chi connectivity index (χ1) is 7.55. The highest BCUT2D eigenvalue weighted by Gasteiger charge is 2.54. The summed E-state index contributed by atoms with van der Waals surface area (Å²) >= 11 is 0. The Kier molecular flexibility index (Phi) is 2.62. The average molecular weight is 220 g/mol. The zero-order valence-electron chi connectivity index (χ0n) is 9.87. The first-order valence-corrected chi connectivity index (χ1v) is 5.41. The molecule has 3 heteroatoms. The zero-order valence-corrected chi connectivity index (χ0v) is 9.87. The molecule has 0 radical (unpaired) electrons. The van der Waals surface area contributed by atoms with Crippen molar-refractivity contribution in [3.05, 3.63) is 29.3 Å². The SMILES string of the molecule is COC(=O)C1(Oc2cc(C)cc(C)c2)CC1. The number of ether oxygens (including phenoxy) is 2. The van der Waals surface area contributed by atoms with E-state index in [0.717, 1.165) is 29.7 Å². The number of hydrogen-bond donors (Lipinski definition) is 0. The molecular formula is C13H16O3. The van der Waals surface area contributed by atoms with Crippen LogP contribution in [0.25, 0.3) is 0 Å². The molecule has 16 heavy (non-hydrogen) atoms. The summed E-state index contributed by atoms with van der Waals surface area (Å²) in [5.41, 5.74) is 1.56. The number of esters is 1. The van der Waals surface area contributed by atoms with Gasteiger partial charge in [-0.1, -0.05) is 6.07 Å². The van der Waals surface area contributed by atoms with Crippen molar-refractivity contribution in [1.82, 2.24) is 0 Å². The summed E-state index contributed by atoms with van der Waals surface area (Å²) in [7, 11) is 1.40. The number of hydrogen-bond acceptors (Lipinski definition) is 3. The molecule has 86 valence electrons. The van der Waals surface area contributed by atoms with Gasteiger partial charge in [0, 0.05) is 12.8 Å². The summed E-state index contributed by atoms with van der Waals surface area (Å²) in [5, 5.41) is 0. The van der Waals surface area contributed by atoms with E-state index in [9.17, 15) is 4.79 Å². The second kappa shape index (κ2) is 3.81. The molecule has 0 heterocycles. The molecular weight excluding hydrogens is 204 g/mol. The number of methoxy groups -OCH3 is 1. The van der Waals surface area contributed by atoms with E-state index >= 15 is 0 Å². The molecule has 1 fully saturated rings. The van der Waals surface area contributed by atoms with Crippen LogP contribution >= 0.6 is 0 Å². The fraction of sp³-hybridized carbons (Fsp3) is 0.462. The summed E-state index contributed by atoms with van der Waals surface area (Å²) in [6.07, 6.45) is 1.49. The lowest BCUT2D eigenvalue weighted by atomic mass is 10.1. The Morgan fingerprint density at radius 3 is 2.19 bits per heavy atom. The molecule has 1 aliphatic carbocycles. The molecule has 0 saturated heterocycles. The third-order valence-corrected chi connectivity index (χ3v) is 2.77. The van der Waals surface area contributed by atoms with E-state index in [1.54, 1.807) is 0 Å². The lowest BCUT2D eigenvalue weighted by Crippen LogP contribution is -2.30. The minimum absolute atomic E-state index is 0.272. The van der Waals surface area contributed by atoms with E-state index in [1.807, 2.05) is 26.0 Å². The summed E-state index contributed by atoms with van der Waals surface area (Å²) in [5.74, 6) is 0.479. The number of aryl methyl sites for hydroxylation is 2. The standard InChI is InChI=1S/C13H16O3/c1-9-6-10(2)8-11(7-9)16-13(4-5-13)12(14)15-3/h6-8H,4-5H2,1-3H3. The molecule has 0 amide bonds. The molecule has 2 rings (SSSR count). The predicted molar refractivity (Wildman–Crippen MR) is 60.5 cm³/mol.